The van der Waals surface area contributed by atoms with Crippen LogP contribution >= 0.6 is 20.6 Å². The Morgan fingerprint density at radius 3 is 2.51 bits per heavy atom. The van der Waals surface area contributed by atoms with Crippen molar-refractivity contribution in [2.24, 2.45) is 11.8 Å². The second kappa shape index (κ2) is 12.8. The number of rotatable bonds is 3. The topological polar surface area (TPSA) is 101 Å². The standard InChI is InChI=1S/C24H20F3N6OPS.C3H8.C2H6/c1-9-5-33(6-12(9)22(26)27)24-31-3-11-13-7-34-8-14(13)16(20(35)18(11)32-24)19-17-10(2-28)23(29)36-21(17)15(25)4-30-19;1-3-2;1-2/h3-4,9,12,22H,5-8,29,35H2,1H3;3H2,1-2H3;1-2H3. The lowest BCUT2D eigenvalue weighted by molar-refractivity contribution is 0.0689. The van der Waals surface area contributed by atoms with E-state index < -0.39 is 18.2 Å². The van der Waals surface area contributed by atoms with E-state index in [1.807, 2.05) is 20.8 Å². The highest BCUT2D eigenvalue weighted by molar-refractivity contribution is 7.29. The average molecular weight is 603 g/mol. The summed E-state index contributed by atoms with van der Waals surface area (Å²) in [7, 11) is 2.69. The molecule has 3 unspecified atom stereocenters. The van der Waals surface area contributed by atoms with Crippen LogP contribution in [-0.2, 0) is 18.0 Å². The number of halogens is 3. The first kappa shape index (κ1) is 30.9. The first-order valence-electron chi connectivity index (χ1n) is 13.7. The van der Waals surface area contributed by atoms with E-state index >= 15 is 0 Å². The number of benzene rings is 1. The third-order valence-corrected chi connectivity index (χ3v) is 8.70. The third-order valence-electron chi connectivity index (χ3n) is 7.11. The van der Waals surface area contributed by atoms with E-state index in [1.165, 1.54) is 6.42 Å². The zero-order chi connectivity index (χ0) is 30.0. The van der Waals surface area contributed by atoms with Gasteiger partial charge in [0.15, 0.2) is 5.82 Å². The first-order valence-corrected chi connectivity index (χ1v) is 15.1. The number of nitrogen functional groups attached to an aromatic ring is 1. The number of ether oxygens (including phenoxy) is 1. The highest BCUT2D eigenvalue weighted by Gasteiger charge is 2.37. The molecule has 0 radical (unpaired) electrons. The Labute approximate surface area is 244 Å². The van der Waals surface area contributed by atoms with Crippen LogP contribution in [0.25, 0.3) is 32.2 Å². The lowest BCUT2D eigenvalue weighted by Gasteiger charge is -2.19. The molecule has 12 heteroatoms. The van der Waals surface area contributed by atoms with Crippen molar-refractivity contribution in [3.8, 4) is 17.3 Å². The van der Waals surface area contributed by atoms with Gasteiger partial charge in [-0.25, -0.2) is 23.1 Å². The van der Waals surface area contributed by atoms with Crippen molar-refractivity contribution < 1.29 is 17.9 Å². The number of hydrogen-bond donors (Lipinski definition) is 1. The van der Waals surface area contributed by atoms with Gasteiger partial charge < -0.3 is 15.4 Å². The summed E-state index contributed by atoms with van der Waals surface area (Å²) in [5, 5.41) is 11.8. The van der Waals surface area contributed by atoms with Crippen LogP contribution in [0, 0.1) is 29.0 Å². The van der Waals surface area contributed by atoms with E-state index in [1.54, 1.807) is 11.1 Å². The molecular weight excluding hydrogens is 568 g/mol. The predicted octanol–water partition coefficient (Wildman–Crippen LogP) is 6.81. The van der Waals surface area contributed by atoms with Crippen molar-refractivity contribution in [3.05, 3.63) is 34.9 Å². The van der Waals surface area contributed by atoms with Gasteiger partial charge in [0, 0.05) is 46.8 Å². The van der Waals surface area contributed by atoms with Crippen molar-refractivity contribution in [1.82, 2.24) is 15.0 Å². The Kier molecular flexibility index (Phi) is 9.68. The minimum Gasteiger partial charge on any atom is -0.389 e. The summed E-state index contributed by atoms with van der Waals surface area (Å²) in [6.07, 6.45) is 1.68. The molecule has 41 heavy (non-hydrogen) atoms. The number of aromatic nitrogens is 3. The second-order valence-electron chi connectivity index (χ2n) is 9.87. The van der Waals surface area contributed by atoms with Crippen molar-refractivity contribution in [2.75, 3.05) is 23.7 Å². The van der Waals surface area contributed by atoms with Crippen LogP contribution in [-0.4, -0.2) is 34.5 Å². The van der Waals surface area contributed by atoms with Crippen molar-refractivity contribution >= 4 is 57.8 Å². The molecule has 1 fully saturated rings. The fourth-order valence-electron chi connectivity index (χ4n) is 5.27. The Bertz CT molecular complexity index is 1620. The van der Waals surface area contributed by atoms with Crippen LogP contribution in [0.5, 0.6) is 0 Å². The van der Waals surface area contributed by atoms with Gasteiger partial charge in [-0.05, 0) is 17.0 Å². The molecule has 6 rings (SSSR count). The fraction of sp³-hybridized carbons (Fsp3) is 0.448. The molecule has 2 aliphatic heterocycles. The molecule has 3 aromatic heterocycles. The minimum atomic E-state index is -2.41. The lowest BCUT2D eigenvalue weighted by Crippen LogP contribution is -2.24. The molecule has 0 bridgehead atoms. The van der Waals surface area contributed by atoms with E-state index in [9.17, 15) is 18.4 Å². The first-order chi connectivity index (χ1) is 19.7. The number of pyridine rings is 1. The van der Waals surface area contributed by atoms with Gasteiger partial charge in [-0.1, -0.05) is 41.0 Å². The second-order valence-corrected chi connectivity index (χ2v) is 11.5. The van der Waals surface area contributed by atoms with Crippen molar-refractivity contribution in [2.45, 2.75) is 60.7 Å². The molecule has 1 saturated heterocycles. The highest BCUT2D eigenvalue weighted by Crippen LogP contribution is 2.43. The van der Waals surface area contributed by atoms with Crippen LogP contribution < -0.4 is 15.9 Å². The van der Waals surface area contributed by atoms with Gasteiger partial charge in [-0.2, -0.15) is 5.26 Å². The van der Waals surface area contributed by atoms with E-state index in [2.05, 4.69) is 39.1 Å². The van der Waals surface area contributed by atoms with Gasteiger partial charge >= 0.3 is 0 Å². The molecule has 0 aliphatic carbocycles. The summed E-state index contributed by atoms with van der Waals surface area (Å²) in [5.41, 5.74) is 9.70. The van der Waals surface area contributed by atoms with Crippen LogP contribution in [0.2, 0.25) is 0 Å². The maximum atomic E-state index is 14.7. The molecule has 5 heterocycles. The SMILES string of the molecule is CC.CC1CN(c2ncc3c4c(c(-c5ncc(F)c6sc(N)c(C#N)c56)c(P)c3n2)COC4)CC1C(F)F.CCC. The summed E-state index contributed by atoms with van der Waals surface area (Å²) in [6.45, 7) is 11.3. The molecule has 2 aliphatic rings. The predicted molar refractivity (Wildman–Crippen MR) is 163 cm³/mol. The number of alkyl halides is 2. The molecule has 7 nitrogen and oxygen atoms in total. The molecule has 218 valence electrons. The average Bonchev–Trinajstić information content (AvgIpc) is 3.68. The van der Waals surface area contributed by atoms with Crippen LogP contribution in [0.1, 0.15) is 57.7 Å². The van der Waals surface area contributed by atoms with E-state index in [-0.39, 0.29) is 27.7 Å². The van der Waals surface area contributed by atoms with Gasteiger partial charge in [0.2, 0.25) is 12.4 Å². The smallest absolute Gasteiger partial charge is 0.243 e. The lowest BCUT2D eigenvalue weighted by atomic mass is 9.94. The number of nitriles is 1. The molecular formula is C29H34F3N6OPS. The largest absolute Gasteiger partial charge is 0.389 e. The Morgan fingerprint density at radius 2 is 1.88 bits per heavy atom. The number of hydrogen-bond acceptors (Lipinski definition) is 8. The Hall–Kier alpha value is -3.06. The molecule has 0 amide bonds. The Morgan fingerprint density at radius 1 is 1.20 bits per heavy atom. The van der Waals surface area contributed by atoms with Crippen LogP contribution in [0.3, 0.4) is 0 Å². The van der Waals surface area contributed by atoms with Gasteiger partial charge in [-0.15, -0.1) is 20.6 Å². The monoisotopic (exact) mass is 602 g/mol. The highest BCUT2D eigenvalue weighted by atomic mass is 32.1. The fourth-order valence-corrected chi connectivity index (χ4v) is 6.72. The number of thiophene rings is 1. The van der Waals surface area contributed by atoms with E-state index in [4.69, 9.17) is 15.5 Å². The molecule has 4 aromatic rings. The maximum absolute atomic E-state index is 14.7. The van der Waals surface area contributed by atoms with Crippen molar-refractivity contribution in [3.63, 3.8) is 0 Å². The molecule has 1 aromatic carbocycles. The van der Waals surface area contributed by atoms with Crippen LogP contribution in [0.15, 0.2) is 12.4 Å². The summed E-state index contributed by atoms with van der Waals surface area (Å²) in [6, 6.07) is 2.09. The van der Waals surface area contributed by atoms with Gasteiger partial charge in [0.1, 0.15) is 11.1 Å². The molecule has 0 saturated carbocycles. The Balaban J connectivity index is 0.000000728. The number of fused-ring (bicyclic) bond motifs is 4. The molecule has 0 spiro atoms. The van der Waals surface area contributed by atoms with E-state index in [0.29, 0.717) is 53.2 Å². The minimum absolute atomic E-state index is 0.178. The zero-order valence-electron chi connectivity index (χ0n) is 23.8. The van der Waals surface area contributed by atoms with E-state index in [0.717, 1.165) is 34.0 Å². The summed E-state index contributed by atoms with van der Waals surface area (Å²) in [5.74, 6) is -1.10. The normalized spacial score (nSPS) is 17.7. The number of nitrogens with two attached hydrogens (primary N) is 1. The third kappa shape index (κ3) is 5.45. The zero-order valence-corrected chi connectivity index (χ0v) is 25.7. The van der Waals surface area contributed by atoms with Gasteiger partial charge in [-0.3, -0.25) is 4.98 Å². The number of anilines is 2. The van der Waals surface area contributed by atoms with Crippen molar-refractivity contribution in [1.29, 1.82) is 5.26 Å². The summed E-state index contributed by atoms with van der Waals surface area (Å²) >= 11 is 1.01. The maximum Gasteiger partial charge on any atom is 0.243 e. The number of nitrogens with zero attached hydrogens (tertiary/aromatic N) is 5. The van der Waals surface area contributed by atoms with Crippen LogP contribution in [0.4, 0.5) is 24.1 Å². The van der Waals surface area contributed by atoms with Gasteiger partial charge in [0.05, 0.1) is 40.9 Å². The molecule has 2 N–H and O–H groups in total. The van der Waals surface area contributed by atoms with Gasteiger partial charge in [0.25, 0.3) is 0 Å². The summed E-state index contributed by atoms with van der Waals surface area (Å²) < 4.78 is 47.6. The molecule has 3 atom stereocenters. The summed E-state index contributed by atoms with van der Waals surface area (Å²) in [4.78, 5) is 15.5. The quantitative estimate of drug-likeness (QED) is 0.257.